The number of carboxylic acid groups (broad SMARTS) is 1. The van der Waals surface area contributed by atoms with Gasteiger partial charge in [0.2, 0.25) is 5.91 Å². The number of nitrogens with one attached hydrogen (secondary N) is 1. The molecule has 0 aliphatic carbocycles. The second-order valence-corrected chi connectivity index (χ2v) is 6.48. The van der Waals surface area contributed by atoms with Crippen LogP contribution in [0.15, 0.2) is 28.7 Å². The van der Waals surface area contributed by atoms with E-state index in [1.54, 1.807) is 0 Å². The third-order valence-electron chi connectivity index (χ3n) is 4.19. The Morgan fingerprint density at radius 3 is 2.46 bits per heavy atom. The van der Waals surface area contributed by atoms with Crippen LogP contribution < -0.4 is 5.32 Å². The maximum atomic E-state index is 12.2. The number of rotatable bonds is 8. The molecule has 24 heavy (non-hydrogen) atoms. The molecule has 1 unspecified atom stereocenters. The van der Waals surface area contributed by atoms with Gasteiger partial charge in [-0.25, -0.2) is 0 Å². The largest absolute Gasteiger partial charge is 0.481 e. The van der Waals surface area contributed by atoms with Crippen LogP contribution in [0.5, 0.6) is 0 Å². The van der Waals surface area contributed by atoms with Gasteiger partial charge in [0.05, 0.1) is 6.04 Å². The molecule has 2 aromatic rings. The van der Waals surface area contributed by atoms with Crippen molar-refractivity contribution >= 4 is 22.8 Å². The summed E-state index contributed by atoms with van der Waals surface area (Å²) < 4.78 is 5.99. The van der Waals surface area contributed by atoms with E-state index >= 15 is 0 Å². The molecule has 0 saturated carbocycles. The van der Waals surface area contributed by atoms with E-state index in [-0.39, 0.29) is 24.3 Å². The fourth-order valence-electron chi connectivity index (χ4n) is 2.83. The lowest BCUT2D eigenvalue weighted by atomic mass is 9.98. The zero-order chi connectivity index (χ0) is 17.7. The predicted octanol–water partition coefficient (Wildman–Crippen LogP) is 4.20. The Bertz CT molecular complexity index is 717. The number of amides is 1. The zero-order valence-corrected chi connectivity index (χ0v) is 14.5. The van der Waals surface area contributed by atoms with Gasteiger partial charge in [0.25, 0.3) is 0 Å². The Morgan fingerprint density at radius 1 is 1.17 bits per heavy atom. The fraction of sp³-hybridized carbons (Fsp3) is 0.474. The van der Waals surface area contributed by atoms with E-state index in [0.29, 0.717) is 19.3 Å². The smallest absolute Gasteiger partial charge is 0.303 e. The van der Waals surface area contributed by atoms with Crippen molar-refractivity contribution in [2.24, 2.45) is 5.92 Å². The fourth-order valence-corrected chi connectivity index (χ4v) is 2.83. The highest BCUT2D eigenvalue weighted by Crippen LogP contribution is 2.32. The van der Waals surface area contributed by atoms with Crippen LogP contribution in [0.1, 0.15) is 56.9 Å². The SMILES string of the molecule is Cc1c(C(NC(=O)CCCCC(=O)O)C(C)C)oc2ccccc12. The molecule has 0 saturated heterocycles. The molecule has 0 bridgehead atoms. The van der Waals surface area contributed by atoms with Gasteiger partial charge in [0.15, 0.2) is 0 Å². The van der Waals surface area contributed by atoms with E-state index in [0.717, 1.165) is 22.3 Å². The number of carboxylic acids is 1. The summed E-state index contributed by atoms with van der Waals surface area (Å²) in [5.74, 6) is 0.0876. The lowest BCUT2D eigenvalue weighted by Gasteiger charge is -2.21. The molecule has 0 aliphatic rings. The van der Waals surface area contributed by atoms with Crippen LogP contribution in [-0.2, 0) is 9.59 Å². The molecule has 1 heterocycles. The number of carbonyl (C=O) groups excluding carboxylic acids is 1. The van der Waals surface area contributed by atoms with Crippen LogP contribution in [0.4, 0.5) is 0 Å². The van der Waals surface area contributed by atoms with Gasteiger partial charge in [-0.05, 0) is 31.7 Å². The summed E-state index contributed by atoms with van der Waals surface area (Å²) >= 11 is 0. The van der Waals surface area contributed by atoms with Crippen LogP contribution in [-0.4, -0.2) is 17.0 Å². The number of benzene rings is 1. The Kier molecular flexibility index (Phi) is 6.01. The van der Waals surface area contributed by atoms with Crippen molar-refractivity contribution in [2.75, 3.05) is 0 Å². The number of unbranched alkanes of at least 4 members (excludes halogenated alkanes) is 1. The molecule has 5 heteroatoms. The highest BCUT2D eigenvalue weighted by atomic mass is 16.4. The van der Waals surface area contributed by atoms with Gasteiger partial charge in [-0.3, -0.25) is 9.59 Å². The number of furan rings is 1. The molecule has 2 rings (SSSR count). The monoisotopic (exact) mass is 331 g/mol. The first-order chi connectivity index (χ1) is 11.4. The first kappa shape index (κ1) is 18.0. The van der Waals surface area contributed by atoms with E-state index in [2.05, 4.69) is 5.32 Å². The van der Waals surface area contributed by atoms with Crippen LogP contribution in [0.3, 0.4) is 0 Å². The van der Waals surface area contributed by atoms with Crippen molar-refractivity contribution in [3.05, 3.63) is 35.6 Å². The summed E-state index contributed by atoms with van der Waals surface area (Å²) in [7, 11) is 0. The van der Waals surface area contributed by atoms with Crippen LogP contribution in [0, 0.1) is 12.8 Å². The molecular weight excluding hydrogens is 306 g/mol. The molecule has 130 valence electrons. The molecule has 0 fully saturated rings. The number of aryl methyl sites for hydroxylation is 1. The molecule has 5 nitrogen and oxygen atoms in total. The van der Waals surface area contributed by atoms with Gasteiger partial charge >= 0.3 is 5.97 Å². The third-order valence-corrected chi connectivity index (χ3v) is 4.19. The number of hydrogen-bond acceptors (Lipinski definition) is 3. The Hall–Kier alpha value is -2.30. The standard InChI is InChI=1S/C19H25NO4/c1-12(2)18(20-16(21)10-6-7-11-17(22)23)19-13(3)14-8-4-5-9-15(14)24-19/h4-5,8-9,12,18H,6-7,10-11H2,1-3H3,(H,20,21)(H,22,23). The van der Waals surface area contributed by atoms with Crippen LogP contribution in [0.2, 0.25) is 0 Å². The molecule has 2 N–H and O–H groups in total. The van der Waals surface area contributed by atoms with Gasteiger partial charge in [-0.15, -0.1) is 0 Å². The number of aliphatic carboxylic acids is 1. The van der Waals surface area contributed by atoms with Crippen molar-refractivity contribution in [3.63, 3.8) is 0 Å². The van der Waals surface area contributed by atoms with Crippen molar-refractivity contribution in [2.45, 2.75) is 52.5 Å². The minimum Gasteiger partial charge on any atom is -0.481 e. The summed E-state index contributed by atoms with van der Waals surface area (Å²) in [4.78, 5) is 22.7. The summed E-state index contributed by atoms with van der Waals surface area (Å²) in [5, 5.41) is 12.7. The second kappa shape index (κ2) is 7.99. The second-order valence-electron chi connectivity index (χ2n) is 6.48. The minimum atomic E-state index is -0.826. The molecule has 1 amide bonds. The van der Waals surface area contributed by atoms with Gasteiger partial charge in [0.1, 0.15) is 11.3 Å². The van der Waals surface area contributed by atoms with Crippen molar-refractivity contribution in [1.29, 1.82) is 0 Å². The summed E-state index contributed by atoms with van der Waals surface area (Å²) in [6.07, 6.45) is 1.51. The molecule has 0 aliphatic heterocycles. The van der Waals surface area contributed by atoms with Gasteiger partial charge in [-0.2, -0.15) is 0 Å². The number of fused-ring (bicyclic) bond motifs is 1. The summed E-state index contributed by atoms with van der Waals surface area (Å²) in [6, 6.07) is 7.66. The summed E-state index contributed by atoms with van der Waals surface area (Å²) in [6.45, 7) is 6.10. The molecule has 1 aromatic carbocycles. The van der Waals surface area contributed by atoms with Crippen LogP contribution >= 0.6 is 0 Å². The van der Waals surface area contributed by atoms with E-state index in [1.807, 2.05) is 45.0 Å². The maximum Gasteiger partial charge on any atom is 0.303 e. The predicted molar refractivity (Wildman–Crippen MR) is 92.8 cm³/mol. The van der Waals surface area contributed by atoms with E-state index in [4.69, 9.17) is 9.52 Å². The highest BCUT2D eigenvalue weighted by Gasteiger charge is 2.24. The number of hydrogen-bond donors (Lipinski definition) is 2. The van der Waals surface area contributed by atoms with Crippen molar-refractivity contribution in [3.8, 4) is 0 Å². The van der Waals surface area contributed by atoms with E-state index < -0.39 is 5.97 Å². The first-order valence-corrected chi connectivity index (χ1v) is 8.39. The average Bonchev–Trinajstić information content (AvgIpc) is 2.86. The molecule has 0 spiro atoms. The topological polar surface area (TPSA) is 79.5 Å². The first-order valence-electron chi connectivity index (χ1n) is 8.39. The molecule has 1 aromatic heterocycles. The minimum absolute atomic E-state index is 0.0704. The molecule has 0 radical (unpaired) electrons. The van der Waals surface area contributed by atoms with Gasteiger partial charge in [0, 0.05) is 23.8 Å². The lowest BCUT2D eigenvalue weighted by molar-refractivity contribution is -0.137. The molecule has 1 atom stereocenters. The quantitative estimate of drug-likeness (QED) is 0.711. The molecular formula is C19H25NO4. The Balaban J connectivity index is 2.07. The van der Waals surface area contributed by atoms with Crippen molar-refractivity contribution in [1.82, 2.24) is 5.32 Å². The number of para-hydroxylation sites is 1. The lowest BCUT2D eigenvalue weighted by Crippen LogP contribution is -2.31. The van der Waals surface area contributed by atoms with Crippen molar-refractivity contribution < 1.29 is 19.1 Å². The zero-order valence-electron chi connectivity index (χ0n) is 14.5. The third kappa shape index (κ3) is 4.37. The summed E-state index contributed by atoms with van der Waals surface area (Å²) in [5.41, 5.74) is 1.88. The van der Waals surface area contributed by atoms with E-state index in [9.17, 15) is 9.59 Å². The average molecular weight is 331 g/mol. The number of carbonyl (C=O) groups is 2. The highest BCUT2D eigenvalue weighted by molar-refractivity contribution is 5.82. The van der Waals surface area contributed by atoms with Crippen LogP contribution in [0.25, 0.3) is 11.0 Å². The van der Waals surface area contributed by atoms with Gasteiger partial charge in [-0.1, -0.05) is 32.0 Å². The van der Waals surface area contributed by atoms with Gasteiger partial charge < -0.3 is 14.8 Å². The Labute approximate surface area is 142 Å². The normalized spacial score (nSPS) is 12.5. The maximum absolute atomic E-state index is 12.2. The Morgan fingerprint density at radius 2 is 1.83 bits per heavy atom. The van der Waals surface area contributed by atoms with E-state index in [1.165, 1.54) is 0 Å².